The fourth-order valence-corrected chi connectivity index (χ4v) is 2.31. The number of hydrogen-bond donors (Lipinski definition) is 2. The van der Waals surface area contributed by atoms with Gasteiger partial charge in [0.15, 0.2) is 0 Å². The summed E-state index contributed by atoms with van der Waals surface area (Å²) in [6, 6.07) is 12.7. The highest BCUT2D eigenvalue weighted by molar-refractivity contribution is 5.94. The van der Waals surface area contributed by atoms with Gasteiger partial charge in [0.05, 0.1) is 11.0 Å². The quantitative estimate of drug-likeness (QED) is 0.772. The Labute approximate surface area is 125 Å². The second-order valence-corrected chi connectivity index (χ2v) is 4.86. The molecule has 112 valence electrons. The highest BCUT2D eigenvalue weighted by Gasteiger charge is 2.08. The summed E-state index contributed by atoms with van der Waals surface area (Å²) in [4.78, 5) is 26.5. The number of rotatable bonds is 4. The molecule has 3 aromatic rings. The Morgan fingerprint density at radius 1 is 1.14 bits per heavy atom. The third-order valence-electron chi connectivity index (χ3n) is 3.41. The van der Waals surface area contributed by atoms with E-state index in [0.717, 1.165) is 11.0 Å². The summed E-state index contributed by atoms with van der Waals surface area (Å²) in [6.07, 6.45) is 0. The Balaban J connectivity index is 1.67. The highest BCUT2D eigenvalue weighted by Crippen LogP contribution is 2.08. The van der Waals surface area contributed by atoms with Crippen LogP contribution in [0.2, 0.25) is 0 Å². The predicted molar refractivity (Wildman–Crippen MR) is 81.3 cm³/mol. The van der Waals surface area contributed by atoms with Gasteiger partial charge in [0, 0.05) is 18.7 Å². The molecule has 3 rings (SSSR count). The number of nitrogens with one attached hydrogen (secondary N) is 2. The van der Waals surface area contributed by atoms with Gasteiger partial charge in [-0.2, -0.15) is 0 Å². The van der Waals surface area contributed by atoms with E-state index in [0.29, 0.717) is 18.7 Å². The Morgan fingerprint density at radius 3 is 2.64 bits per heavy atom. The van der Waals surface area contributed by atoms with E-state index < -0.39 is 0 Å². The average molecular weight is 299 g/mol. The number of aromatic amines is 1. The minimum Gasteiger partial charge on any atom is -0.350 e. The molecule has 0 spiro atoms. The second kappa shape index (κ2) is 5.85. The van der Waals surface area contributed by atoms with E-state index in [1.807, 2.05) is 24.3 Å². The first-order chi connectivity index (χ1) is 10.6. The van der Waals surface area contributed by atoms with Gasteiger partial charge in [0.25, 0.3) is 5.91 Å². The Kier molecular flexibility index (Phi) is 3.74. The molecule has 0 aliphatic rings. The largest absolute Gasteiger partial charge is 0.350 e. The lowest BCUT2D eigenvalue weighted by Gasteiger charge is -2.06. The van der Waals surface area contributed by atoms with Crippen LogP contribution in [0.15, 0.2) is 53.3 Å². The number of aromatic nitrogens is 2. The summed E-state index contributed by atoms with van der Waals surface area (Å²) in [7, 11) is 0. The molecule has 22 heavy (non-hydrogen) atoms. The number of imidazole rings is 1. The standard InChI is InChI=1S/C16H14FN3O2/c17-12-7-5-11(6-8-12)15(21)18-9-10-20-14-4-2-1-3-13(14)19-16(20)22/h1-8H,9-10H2,(H,18,21)(H,19,22). The van der Waals surface area contributed by atoms with Gasteiger partial charge in [0.2, 0.25) is 0 Å². The monoisotopic (exact) mass is 299 g/mol. The van der Waals surface area contributed by atoms with E-state index in [-0.39, 0.29) is 17.4 Å². The summed E-state index contributed by atoms with van der Waals surface area (Å²) in [5.74, 6) is -0.685. The number of amides is 1. The fraction of sp³-hybridized carbons (Fsp3) is 0.125. The maximum absolute atomic E-state index is 12.8. The summed E-state index contributed by atoms with van der Waals surface area (Å²) in [6.45, 7) is 0.660. The molecule has 0 aliphatic carbocycles. The smallest absolute Gasteiger partial charge is 0.326 e. The lowest BCUT2D eigenvalue weighted by molar-refractivity contribution is 0.0952. The zero-order valence-corrected chi connectivity index (χ0v) is 11.7. The molecule has 0 saturated heterocycles. The molecular formula is C16H14FN3O2. The molecule has 1 aromatic heterocycles. The van der Waals surface area contributed by atoms with Gasteiger partial charge >= 0.3 is 5.69 Å². The number of para-hydroxylation sites is 2. The van der Waals surface area contributed by atoms with Crippen LogP contribution in [0, 0.1) is 5.82 Å². The van der Waals surface area contributed by atoms with Crippen LogP contribution >= 0.6 is 0 Å². The molecule has 0 fully saturated rings. The summed E-state index contributed by atoms with van der Waals surface area (Å²) in [5, 5.41) is 2.71. The molecule has 0 unspecified atom stereocenters. The van der Waals surface area contributed by atoms with Gasteiger partial charge in [-0.3, -0.25) is 9.36 Å². The molecule has 1 amide bonds. The van der Waals surface area contributed by atoms with Crippen molar-refractivity contribution in [2.45, 2.75) is 6.54 Å². The molecule has 6 heteroatoms. The normalized spacial score (nSPS) is 10.8. The first-order valence-corrected chi connectivity index (χ1v) is 6.86. The van der Waals surface area contributed by atoms with E-state index in [4.69, 9.17) is 0 Å². The molecule has 0 atom stereocenters. The Hall–Kier alpha value is -2.89. The molecular weight excluding hydrogens is 285 g/mol. The van der Waals surface area contributed by atoms with Crippen LogP contribution < -0.4 is 11.0 Å². The van der Waals surface area contributed by atoms with Gasteiger partial charge in [-0.05, 0) is 36.4 Å². The third-order valence-corrected chi connectivity index (χ3v) is 3.41. The summed E-state index contributed by atoms with van der Waals surface area (Å²) in [5.41, 5.74) is 1.73. The van der Waals surface area contributed by atoms with Gasteiger partial charge in [0.1, 0.15) is 5.82 Å². The number of carbonyl (C=O) groups excluding carboxylic acids is 1. The molecule has 0 aliphatic heterocycles. The predicted octanol–water partition coefficient (Wildman–Crippen LogP) is 1.90. The van der Waals surface area contributed by atoms with E-state index >= 15 is 0 Å². The molecule has 0 bridgehead atoms. The minimum absolute atomic E-state index is 0.211. The van der Waals surface area contributed by atoms with Crippen LogP contribution in [0.25, 0.3) is 11.0 Å². The number of fused-ring (bicyclic) bond motifs is 1. The van der Waals surface area contributed by atoms with Crippen LogP contribution in [0.4, 0.5) is 4.39 Å². The van der Waals surface area contributed by atoms with Crippen LogP contribution in [-0.4, -0.2) is 22.0 Å². The first-order valence-electron chi connectivity index (χ1n) is 6.86. The Bertz CT molecular complexity index is 865. The number of halogens is 1. The number of nitrogens with zero attached hydrogens (tertiary/aromatic N) is 1. The SMILES string of the molecule is O=C(NCCn1c(=O)[nH]c2ccccc21)c1ccc(F)cc1. The minimum atomic E-state index is -0.387. The average Bonchev–Trinajstić information content (AvgIpc) is 2.84. The molecule has 2 N–H and O–H groups in total. The van der Waals surface area contributed by atoms with E-state index in [1.165, 1.54) is 24.3 Å². The zero-order valence-electron chi connectivity index (χ0n) is 11.7. The van der Waals surface area contributed by atoms with E-state index in [2.05, 4.69) is 10.3 Å². The number of benzene rings is 2. The van der Waals surface area contributed by atoms with Crippen molar-refractivity contribution in [1.82, 2.24) is 14.9 Å². The van der Waals surface area contributed by atoms with Crippen LogP contribution in [-0.2, 0) is 6.54 Å². The van der Waals surface area contributed by atoms with Crippen LogP contribution in [0.3, 0.4) is 0 Å². The molecule has 0 saturated carbocycles. The van der Waals surface area contributed by atoms with Crippen molar-refractivity contribution in [2.75, 3.05) is 6.54 Å². The molecule has 5 nitrogen and oxygen atoms in total. The third kappa shape index (κ3) is 2.76. The molecule has 2 aromatic carbocycles. The highest BCUT2D eigenvalue weighted by atomic mass is 19.1. The van der Waals surface area contributed by atoms with Gasteiger partial charge in [-0.25, -0.2) is 9.18 Å². The van der Waals surface area contributed by atoms with Crippen molar-refractivity contribution in [3.63, 3.8) is 0 Å². The fourth-order valence-electron chi connectivity index (χ4n) is 2.31. The van der Waals surface area contributed by atoms with Crippen molar-refractivity contribution in [3.8, 4) is 0 Å². The maximum Gasteiger partial charge on any atom is 0.326 e. The van der Waals surface area contributed by atoms with Crippen molar-refractivity contribution < 1.29 is 9.18 Å². The zero-order chi connectivity index (χ0) is 15.5. The van der Waals surface area contributed by atoms with Gasteiger partial charge in [-0.1, -0.05) is 12.1 Å². The Morgan fingerprint density at radius 2 is 1.86 bits per heavy atom. The summed E-state index contributed by atoms with van der Waals surface area (Å²) >= 11 is 0. The number of hydrogen-bond acceptors (Lipinski definition) is 2. The first kappa shape index (κ1) is 14.1. The maximum atomic E-state index is 12.8. The number of carbonyl (C=O) groups is 1. The van der Waals surface area contributed by atoms with Crippen molar-refractivity contribution in [2.24, 2.45) is 0 Å². The van der Waals surface area contributed by atoms with Crippen LogP contribution in [0.5, 0.6) is 0 Å². The summed E-state index contributed by atoms with van der Waals surface area (Å²) < 4.78 is 14.4. The van der Waals surface area contributed by atoms with Crippen molar-refractivity contribution >= 4 is 16.9 Å². The lowest BCUT2D eigenvalue weighted by atomic mass is 10.2. The molecule has 0 radical (unpaired) electrons. The van der Waals surface area contributed by atoms with Crippen LogP contribution in [0.1, 0.15) is 10.4 Å². The van der Waals surface area contributed by atoms with E-state index in [1.54, 1.807) is 4.57 Å². The lowest BCUT2D eigenvalue weighted by Crippen LogP contribution is -2.30. The van der Waals surface area contributed by atoms with Gasteiger partial charge < -0.3 is 10.3 Å². The van der Waals surface area contributed by atoms with Gasteiger partial charge in [-0.15, -0.1) is 0 Å². The molecule has 1 heterocycles. The number of H-pyrrole nitrogens is 1. The van der Waals surface area contributed by atoms with Crippen molar-refractivity contribution in [3.05, 3.63) is 70.4 Å². The van der Waals surface area contributed by atoms with E-state index in [9.17, 15) is 14.0 Å². The van der Waals surface area contributed by atoms with Crippen molar-refractivity contribution in [1.29, 1.82) is 0 Å². The second-order valence-electron chi connectivity index (χ2n) is 4.86. The topological polar surface area (TPSA) is 66.9 Å².